The molecule has 8 heteroatoms. The number of rotatable bonds is 4. The molecule has 0 saturated heterocycles. The molecule has 2 rings (SSSR count). The molecule has 23 heavy (non-hydrogen) atoms. The van der Waals surface area contributed by atoms with Crippen molar-refractivity contribution >= 4 is 44.6 Å². The molecule has 2 amide bonds. The van der Waals surface area contributed by atoms with E-state index in [9.17, 15) is 14.4 Å². The van der Waals surface area contributed by atoms with Crippen LogP contribution in [0.3, 0.4) is 0 Å². The highest BCUT2D eigenvalue weighted by Gasteiger charge is 2.16. The number of halogens is 1. The smallest absolute Gasteiger partial charge is 0.315 e. The number of amides is 2. The van der Waals surface area contributed by atoms with E-state index in [1.807, 2.05) is 18.2 Å². The number of aromatic amines is 1. The molecule has 0 radical (unpaired) electrons. The van der Waals surface area contributed by atoms with Gasteiger partial charge in [-0.1, -0.05) is 15.9 Å². The summed E-state index contributed by atoms with van der Waals surface area (Å²) < 4.78 is 5.56. The van der Waals surface area contributed by atoms with Crippen LogP contribution in [0.2, 0.25) is 0 Å². The van der Waals surface area contributed by atoms with E-state index in [-0.39, 0.29) is 6.61 Å². The third-order valence-corrected chi connectivity index (χ3v) is 3.67. The van der Waals surface area contributed by atoms with Gasteiger partial charge in [0.15, 0.2) is 0 Å². The van der Waals surface area contributed by atoms with E-state index in [4.69, 9.17) is 0 Å². The van der Waals surface area contributed by atoms with Gasteiger partial charge in [-0.05, 0) is 37.6 Å². The molecule has 2 aromatic rings. The minimum Gasteiger partial charge on any atom is -0.466 e. The number of esters is 1. The van der Waals surface area contributed by atoms with Crippen molar-refractivity contribution in [1.82, 2.24) is 15.8 Å². The summed E-state index contributed by atoms with van der Waals surface area (Å²) in [5, 5.41) is 0.905. The number of aromatic nitrogens is 1. The van der Waals surface area contributed by atoms with Gasteiger partial charge in [-0.15, -0.1) is 0 Å². The number of ether oxygens (including phenoxy) is 1. The lowest BCUT2D eigenvalue weighted by molar-refractivity contribution is -0.146. The Labute approximate surface area is 140 Å². The van der Waals surface area contributed by atoms with Crippen molar-refractivity contribution in [3.05, 3.63) is 33.9 Å². The van der Waals surface area contributed by atoms with Crippen LogP contribution < -0.4 is 10.9 Å². The predicted molar refractivity (Wildman–Crippen MR) is 87.6 cm³/mol. The van der Waals surface area contributed by atoms with Gasteiger partial charge in [-0.25, -0.2) is 0 Å². The highest BCUT2D eigenvalue weighted by atomic mass is 79.9. The van der Waals surface area contributed by atoms with E-state index < -0.39 is 24.2 Å². The number of carbonyl (C=O) groups excluding carboxylic acids is 3. The molecule has 0 fully saturated rings. The fourth-order valence-corrected chi connectivity index (χ4v) is 2.46. The van der Waals surface area contributed by atoms with E-state index in [2.05, 4.69) is 36.5 Å². The number of hydrogen-bond acceptors (Lipinski definition) is 4. The number of aryl methyl sites for hydroxylation is 1. The van der Waals surface area contributed by atoms with Crippen LogP contribution in [0.15, 0.2) is 22.7 Å². The molecule has 7 nitrogen and oxygen atoms in total. The third-order valence-electron chi connectivity index (χ3n) is 3.17. The number of H-pyrrole nitrogens is 1. The second kappa shape index (κ2) is 7.28. The molecule has 0 atom stereocenters. The lowest BCUT2D eigenvalue weighted by atomic mass is 10.1. The number of benzene rings is 1. The topological polar surface area (TPSA) is 100 Å². The molecule has 3 N–H and O–H groups in total. The van der Waals surface area contributed by atoms with Gasteiger partial charge < -0.3 is 9.72 Å². The average Bonchev–Trinajstić information content (AvgIpc) is 2.82. The number of carbonyl (C=O) groups is 3. The monoisotopic (exact) mass is 381 g/mol. The van der Waals surface area contributed by atoms with Crippen molar-refractivity contribution in [3.8, 4) is 0 Å². The van der Waals surface area contributed by atoms with Crippen LogP contribution in [0.4, 0.5) is 0 Å². The molecular formula is C15H16BrN3O4. The Hall–Kier alpha value is -2.35. The van der Waals surface area contributed by atoms with Gasteiger partial charge in [0.1, 0.15) is 12.1 Å². The standard InChI is InChI=1S/C15H16BrN3O4/c1-3-23-13(21)7-12(20)18-19-15(22)14-8(2)10-6-9(16)4-5-11(10)17-14/h4-6,17H,3,7H2,1-2H3,(H,18,20)(H,19,22). The number of nitrogens with one attached hydrogen (secondary N) is 3. The van der Waals surface area contributed by atoms with E-state index in [1.54, 1.807) is 13.8 Å². The lowest BCUT2D eigenvalue weighted by Crippen LogP contribution is -2.42. The summed E-state index contributed by atoms with van der Waals surface area (Å²) >= 11 is 3.38. The van der Waals surface area contributed by atoms with E-state index in [0.29, 0.717) is 5.69 Å². The highest BCUT2D eigenvalue weighted by molar-refractivity contribution is 9.10. The van der Waals surface area contributed by atoms with Crippen molar-refractivity contribution in [1.29, 1.82) is 0 Å². The first kappa shape index (κ1) is 17.0. The summed E-state index contributed by atoms with van der Waals surface area (Å²) in [6.07, 6.45) is -0.452. The maximum absolute atomic E-state index is 12.2. The first-order chi connectivity index (χ1) is 10.9. The zero-order valence-electron chi connectivity index (χ0n) is 12.7. The quantitative estimate of drug-likeness (QED) is 0.428. The van der Waals surface area contributed by atoms with Crippen LogP contribution in [-0.4, -0.2) is 29.4 Å². The van der Waals surface area contributed by atoms with Crippen LogP contribution in [0.1, 0.15) is 29.4 Å². The molecular weight excluding hydrogens is 366 g/mol. The summed E-state index contributed by atoms with van der Waals surface area (Å²) in [5.41, 5.74) is 6.38. The van der Waals surface area contributed by atoms with Gasteiger partial charge in [0.05, 0.1) is 6.61 Å². The minimum atomic E-state index is -0.647. The third kappa shape index (κ3) is 4.10. The fraction of sp³-hybridized carbons (Fsp3) is 0.267. The number of hydrogen-bond donors (Lipinski definition) is 3. The number of hydrazine groups is 1. The van der Waals surface area contributed by atoms with Crippen LogP contribution in [0.5, 0.6) is 0 Å². The SMILES string of the molecule is CCOC(=O)CC(=O)NNC(=O)c1[nH]c2ccc(Br)cc2c1C. The highest BCUT2D eigenvalue weighted by Crippen LogP contribution is 2.25. The van der Waals surface area contributed by atoms with E-state index >= 15 is 0 Å². The fourth-order valence-electron chi connectivity index (χ4n) is 2.10. The Morgan fingerprint density at radius 1 is 1.26 bits per heavy atom. The van der Waals surface area contributed by atoms with E-state index in [1.165, 1.54) is 0 Å². The lowest BCUT2D eigenvalue weighted by Gasteiger charge is -2.06. The molecule has 1 heterocycles. The molecule has 0 saturated carbocycles. The van der Waals surface area contributed by atoms with Crippen LogP contribution in [0.25, 0.3) is 10.9 Å². The van der Waals surface area contributed by atoms with Gasteiger partial charge in [0.2, 0.25) is 5.91 Å². The normalized spacial score (nSPS) is 10.4. The summed E-state index contributed by atoms with van der Waals surface area (Å²) in [7, 11) is 0. The Morgan fingerprint density at radius 2 is 2.00 bits per heavy atom. The second-order valence-electron chi connectivity index (χ2n) is 4.80. The molecule has 0 aliphatic carbocycles. The van der Waals surface area contributed by atoms with Gasteiger partial charge in [-0.2, -0.15) is 0 Å². The van der Waals surface area contributed by atoms with Crippen molar-refractivity contribution in [2.24, 2.45) is 0 Å². The van der Waals surface area contributed by atoms with Crippen molar-refractivity contribution in [3.63, 3.8) is 0 Å². The van der Waals surface area contributed by atoms with Gasteiger partial charge in [0.25, 0.3) is 5.91 Å². The zero-order chi connectivity index (χ0) is 17.0. The second-order valence-corrected chi connectivity index (χ2v) is 5.71. The van der Waals surface area contributed by atoms with Crippen molar-refractivity contribution in [2.45, 2.75) is 20.3 Å². The average molecular weight is 382 g/mol. The largest absolute Gasteiger partial charge is 0.466 e. The van der Waals surface area contributed by atoms with Crippen LogP contribution in [-0.2, 0) is 14.3 Å². The zero-order valence-corrected chi connectivity index (χ0v) is 14.2. The maximum Gasteiger partial charge on any atom is 0.315 e. The Balaban J connectivity index is 2.02. The Kier molecular flexibility index (Phi) is 5.38. The summed E-state index contributed by atoms with van der Waals surface area (Å²) in [5.74, 6) is -1.79. The van der Waals surface area contributed by atoms with Crippen LogP contribution in [0, 0.1) is 6.92 Å². The van der Waals surface area contributed by atoms with E-state index in [0.717, 1.165) is 20.9 Å². The molecule has 122 valence electrons. The molecule has 0 bridgehead atoms. The molecule has 0 spiro atoms. The molecule has 0 aliphatic rings. The van der Waals surface area contributed by atoms with Gasteiger partial charge >= 0.3 is 5.97 Å². The molecule has 1 aromatic heterocycles. The first-order valence-electron chi connectivity index (χ1n) is 6.95. The van der Waals surface area contributed by atoms with Gasteiger partial charge in [-0.3, -0.25) is 25.2 Å². The molecule has 0 aliphatic heterocycles. The number of fused-ring (bicyclic) bond motifs is 1. The van der Waals surface area contributed by atoms with Crippen LogP contribution >= 0.6 is 15.9 Å². The maximum atomic E-state index is 12.2. The molecule has 0 unspecified atom stereocenters. The summed E-state index contributed by atoms with van der Waals surface area (Å²) in [6.45, 7) is 3.65. The Morgan fingerprint density at radius 3 is 2.70 bits per heavy atom. The predicted octanol–water partition coefficient (Wildman–Crippen LogP) is 1.95. The van der Waals surface area contributed by atoms with Crippen molar-refractivity contribution in [2.75, 3.05) is 6.61 Å². The Bertz CT molecular complexity index is 769. The summed E-state index contributed by atoms with van der Waals surface area (Å²) in [6, 6.07) is 5.61. The minimum absolute atomic E-state index is 0.197. The summed E-state index contributed by atoms with van der Waals surface area (Å²) in [4.78, 5) is 37.8. The molecule has 1 aromatic carbocycles. The van der Waals surface area contributed by atoms with Crippen molar-refractivity contribution < 1.29 is 19.1 Å². The van der Waals surface area contributed by atoms with Gasteiger partial charge in [0, 0.05) is 15.4 Å². The first-order valence-corrected chi connectivity index (χ1v) is 7.74.